The first-order valence-electron chi connectivity index (χ1n) is 7.17. The number of piperidine rings is 1. The van der Waals surface area contributed by atoms with Crippen molar-refractivity contribution in [1.82, 2.24) is 0 Å². The summed E-state index contributed by atoms with van der Waals surface area (Å²) in [5.74, 6) is 0.652. The summed E-state index contributed by atoms with van der Waals surface area (Å²) < 4.78 is 1.26. The van der Waals surface area contributed by atoms with Crippen molar-refractivity contribution >= 4 is 0 Å². The molecule has 18 heavy (non-hydrogen) atoms. The fraction of sp³-hybridized carbons (Fsp3) is 0.750. The average Bonchev–Trinajstić information content (AvgIpc) is 2.29. The van der Waals surface area contributed by atoms with E-state index in [0.29, 0.717) is 5.92 Å². The molecule has 1 nitrogen and oxygen atoms in total. The van der Waals surface area contributed by atoms with Gasteiger partial charge in [-0.2, -0.15) is 0 Å². The zero-order chi connectivity index (χ0) is 12.7. The third-order valence-electron chi connectivity index (χ3n) is 4.04. The van der Waals surface area contributed by atoms with Gasteiger partial charge >= 0.3 is 0 Å². The predicted octanol–water partition coefficient (Wildman–Crippen LogP) is 1.17. The lowest BCUT2D eigenvalue weighted by molar-refractivity contribution is -0.909. The molecule has 1 atom stereocenters. The molecule has 106 valence electrons. The van der Waals surface area contributed by atoms with Crippen LogP contribution in [-0.2, 0) is 0 Å². The predicted molar refractivity (Wildman–Crippen MR) is 77.0 cm³/mol. The summed E-state index contributed by atoms with van der Waals surface area (Å²) in [7, 11) is 2.42. The minimum Gasteiger partial charge on any atom is -1.00 e. The summed E-state index contributed by atoms with van der Waals surface area (Å²) in [5.41, 5.74) is 1.57. The zero-order valence-electron chi connectivity index (χ0n) is 12.4. The molecule has 1 rings (SSSR count). The number of hydrogen-bond acceptors (Lipinski definition) is 0. The topological polar surface area (TPSA) is 0 Å². The third-order valence-corrected chi connectivity index (χ3v) is 4.04. The summed E-state index contributed by atoms with van der Waals surface area (Å²) in [6.45, 7) is 12.4. The van der Waals surface area contributed by atoms with Crippen LogP contribution < -0.4 is 24.0 Å². The van der Waals surface area contributed by atoms with E-state index in [4.69, 9.17) is 0 Å². The molecule has 0 aromatic heterocycles. The second kappa shape index (κ2) is 9.13. The van der Waals surface area contributed by atoms with Crippen molar-refractivity contribution in [1.29, 1.82) is 0 Å². The SMILES string of the molecule is C=CC(C)CCC=C(C)C[N+]1(C)CCCCC1.[I-]. The number of likely N-dealkylation sites (tertiary alicyclic amines) is 1. The Morgan fingerprint density at radius 3 is 2.44 bits per heavy atom. The van der Waals surface area contributed by atoms with E-state index in [9.17, 15) is 0 Å². The van der Waals surface area contributed by atoms with E-state index in [0.717, 1.165) is 0 Å². The quantitative estimate of drug-likeness (QED) is 0.378. The van der Waals surface area contributed by atoms with Crippen LogP contribution in [0, 0.1) is 5.92 Å². The van der Waals surface area contributed by atoms with Gasteiger partial charge in [0, 0.05) is 0 Å². The van der Waals surface area contributed by atoms with Gasteiger partial charge in [-0.1, -0.05) is 19.1 Å². The largest absolute Gasteiger partial charge is 1.00 e. The van der Waals surface area contributed by atoms with E-state index in [1.165, 1.54) is 56.2 Å². The lowest BCUT2D eigenvalue weighted by Crippen LogP contribution is -3.00. The molecule has 0 aromatic carbocycles. The molecule has 0 aliphatic carbocycles. The molecule has 1 aliphatic heterocycles. The van der Waals surface area contributed by atoms with Gasteiger partial charge in [0.25, 0.3) is 0 Å². The molecule has 1 aliphatic rings. The van der Waals surface area contributed by atoms with Gasteiger partial charge in [-0.25, -0.2) is 0 Å². The number of hydrogen-bond donors (Lipinski definition) is 0. The lowest BCUT2D eigenvalue weighted by atomic mass is 10.0. The Morgan fingerprint density at radius 1 is 1.28 bits per heavy atom. The molecule has 0 aromatic rings. The summed E-state index contributed by atoms with van der Waals surface area (Å²) >= 11 is 0. The highest BCUT2D eigenvalue weighted by Crippen LogP contribution is 2.18. The van der Waals surface area contributed by atoms with Crippen molar-refractivity contribution in [3.05, 3.63) is 24.3 Å². The molecule has 0 N–H and O–H groups in total. The number of rotatable bonds is 6. The van der Waals surface area contributed by atoms with E-state index in [1.807, 2.05) is 0 Å². The van der Waals surface area contributed by atoms with Gasteiger partial charge in [0.2, 0.25) is 0 Å². The van der Waals surface area contributed by atoms with Gasteiger partial charge in [-0.05, 0) is 50.5 Å². The molecular weight excluding hydrogens is 333 g/mol. The van der Waals surface area contributed by atoms with Crippen LogP contribution >= 0.6 is 0 Å². The normalized spacial score (nSPS) is 20.9. The maximum Gasteiger partial charge on any atom is 0.0998 e. The molecule has 0 amide bonds. The van der Waals surface area contributed by atoms with Crippen molar-refractivity contribution in [2.75, 3.05) is 26.7 Å². The van der Waals surface area contributed by atoms with Gasteiger partial charge in [0.1, 0.15) is 0 Å². The number of halogens is 1. The van der Waals surface area contributed by atoms with Crippen molar-refractivity contribution in [3.63, 3.8) is 0 Å². The monoisotopic (exact) mass is 363 g/mol. The van der Waals surface area contributed by atoms with Gasteiger partial charge < -0.3 is 28.5 Å². The summed E-state index contributed by atoms with van der Waals surface area (Å²) in [6.07, 6.45) is 11.2. The van der Waals surface area contributed by atoms with Crippen molar-refractivity contribution in [2.24, 2.45) is 5.92 Å². The van der Waals surface area contributed by atoms with E-state index < -0.39 is 0 Å². The van der Waals surface area contributed by atoms with Crippen LogP contribution in [0.15, 0.2) is 24.3 Å². The van der Waals surface area contributed by atoms with Gasteiger partial charge in [-0.15, -0.1) is 6.58 Å². The summed E-state index contributed by atoms with van der Waals surface area (Å²) in [6, 6.07) is 0. The smallest absolute Gasteiger partial charge is 0.0998 e. The molecule has 1 unspecified atom stereocenters. The Labute approximate surface area is 131 Å². The number of nitrogens with zero attached hydrogens (tertiary/aromatic N) is 1. The highest BCUT2D eigenvalue weighted by molar-refractivity contribution is 4.98. The van der Waals surface area contributed by atoms with E-state index >= 15 is 0 Å². The van der Waals surface area contributed by atoms with Crippen LogP contribution in [0.1, 0.15) is 46.0 Å². The van der Waals surface area contributed by atoms with Crippen molar-refractivity contribution in [3.8, 4) is 0 Å². The first-order chi connectivity index (χ1) is 8.06. The molecule has 0 bridgehead atoms. The molecule has 0 radical (unpaired) electrons. The number of allylic oxidation sites excluding steroid dienone is 2. The molecular formula is C16H30IN. The average molecular weight is 363 g/mol. The van der Waals surface area contributed by atoms with Crippen LogP contribution in [-0.4, -0.2) is 31.2 Å². The lowest BCUT2D eigenvalue weighted by Gasteiger charge is -2.38. The van der Waals surface area contributed by atoms with Crippen LogP contribution in [0.2, 0.25) is 0 Å². The second-order valence-electron chi connectivity index (χ2n) is 6.13. The van der Waals surface area contributed by atoms with Crippen LogP contribution in [0.5, 0.6) is 0 Å². The maximum absolute atomic E-state index is 3.84. The van der Waals surface area contributed by atoms with E-state index in [2.05, 4.69) is 39.6 Å². The Hall–Kier alpha value is 0.170. The molecule has 0 saturated carbocycles. The first kappa shape index (κ1) is 18.2. The fourth-order valence-corrected chi connectivity index (χ4v) is 2.81. The molecule has 1 saturated heterocycles. The number of quaternary nitrogens is 1. The van der Waals surface area contributed by atoms with Gasteiger partial charge in [-0.3, -0.25) is 0 Å². The first-order valence-corrected chi connectivity index (χ1v) is 7.17. The minimum absolute atomic E-state index is 0. The Morgan fingerprint density at radius 2 is 1.89 bits per heavy atom. The Balaban J connectivity index is 0.00000289. The number of likely N-dealkylation sites (N-methyl/N-ethyl adjacent to an activating group) is 1. The van der Waals surface area contributed by atoms with Crippen molar-refractivity contribution < 1.29 is 28.5 Å². The summed E-state index contributed by atoms with van der Waals surface area (Å²) in [5, 5.41) is 0. The Kier molecular flexibility index (Phi) is 9.22. The van der Waals surface area contributed by atoms with Gasteiger partial charge in [0.15, 0.2) is 0 Å². The highest BCUT2D eigenvalue weighted by Gasteiger charge is 2.24. The maximum atomic E-state index is 3.84. The van der Waals surface area contributed by atoms with Crippen LogP contribution in [0.3, 0.4) is 0 Å². The van der Waals surface area contributed by atoms with E-state index in [-0.39, 0.29) is 24.0 Å². The highest BCUT2D eigenvalue weighted by atomic mass is 127. The minimum atomic E-state index is 0. The standard InChI is InChI=1S/C16H30N.HI/c1-5-15(2)10-9-11-16(3)14-17(4)12-7-6-8-13-17;/h5,11,15H,1,6-10,12-14H2,2-4H3;1H/q+1;/p-1. The molecule has 1 heterocycles. The molecule has 2 heteroatoms. The third kappa shape index (κ3) is 6.93. The fourth-order valence-electron chi connectivity index (χ4n) is 2.81. The Bertz CT molecular complexity index is 264. The van der Waals surface area contributed by atoms with Gasteiger partial charge in [0.05, 0.1) is 26.7 Å². The van der Waals surface area contributed by atoms with Crippen LogP contribution in [0.4, 0.5) is 0 Å². The zero-order valence-corrected chi connectivity index (χ0v) is 14.6. The second-order valence-corrected chi connectivity index (χ2v) is 6.13. The van der Waals surface area contributed by atoms with Crippen LogP contribution in [0.25, 0.3) is 0 Å². The summed E-state index contributed by atoms with van der Waals surface area (Å²) in [4.78, 5) is 0. The molecule has 1 fully saturated rings. The van der Waals surface area contributed by atoms with Crippen molar-refractivity contribution in [2.45, 2.75) is 46.0 Å². The molecule has 0 spiro atoms. The van der Waals surface area contributed by atoms with E-state index in [1.54, 1.807) is 5.57 Å².